The number of aromatic nitrogens is 2. The van der Waals surface area contributed by atoms with Gasteiger partial charge in [-0.15, -0.1) is 0 Å². The molecule has 21 heavy (non-hydrogen) atoms. The zero-order valence-electron chi connectivity index (χ0n) is 10.8. The molecule has 1 unspecified atom stereocenters. The van der Waals surface area contributed by atoms with Gasteiger partial charge in [-0.1, -0.05) is 12.1 Å². The van der Waals surface area contributed by atoms with Crippen LogP contribution in [-0.2, 0) is 21.9 Å². The van der Waals surface area contributed by atoms with Gasteiger partial charge in [-0.05, 0) is 24.3 Å². The first-order valence-corrected chi connectivity index (χ1v) is 6.18. The van der Waals surface area contributed by atoms with Crippen molar-refractivity contribution in [1.29, 1.82) is 0 Å². The molecule has 1 atom stereocenters. The fourth-order valence-electron chi connectivity index (χ4n) is 1.10. The number of thiol groups is 1. The molecule has 0 bridgehead atoms. The van der Waals surface area contributed by atoms with Crippen LogP contribution < -0.4 is 23.2 Å². The van der Waals surface area contributed by atoms with E-state index in [9.17, 15) is 9.90 Å². The Balaban J connectivity index is 0. The van der Waals surface area contributed by atoms with Crippen LogP contribution in [0.25, 0.3) is 11.4 Å². The van der Waals surface area contributed by atoms with Gasteiger partial charge in [0.1, 0.15) is 0 Å². The number of nitrogens with zero attached hydrogens (tertiary/aromatic N) is 2. The molecule has 5 nitrogen and oxygen atoms in total. The van der Waals surface area contributed by atoms with Crippen LogP contribution in [0.5, 0.6) is 0 Å². The number of carboxylic acids is 1. The van der Waals surface area contributed by atoms with Crippen LogP contribution in [0, 0.1) is 0 Å². The van der Waals surface area contributed by atoms with E-state index in [-0.39, 0.29) is 35.2 Å². The Morgan fingerprint density at radius 1 is 1.14 bits per heavy atom. The predicted molar refractivity (Wildman–Crippen MR) is 74.3 cm³/mol. The van der Waals surface area contributed by atoms with E-state index < -0.39 is 12.0 Å². The summed E-state index contributed by atoms with van der Waals surface area (Å²) in [6.45, 7) is 0. The number of carbonyl (C=O) groups excluding carboxylic acids is 1. The van der Waals surface area contributed by atoms with Crippen molar-refractivity contribution in [2.24, 2.45) is 5.73 Å². The van der Waals surface area contributed by atoms with Crippen molar-refractivity contribution in [3.8, 4) is 11.4 Å². The van der Waals surface area contributed by atoms with E-state index in [1.165, 1.54) is 0 Å². The van der Waals surface area contributed by atoms with Gasteiger partial charge in [-0.25, -0.2) is 0 Å². The summed E-state index contributed by atoms with van der Waals surface area (Å²) < 4.78 is 0. The van der Waals surface area contributed by atoms with Crippen LogP contribution >= 0.6 is 12.6 Å². The van der Waals surface area contributed by atoms with Gasteiger partial charge in [-0.3, -0.25) is 9.97 Å². The Hall–Kier alpha value is -1.11. The molecule has 0 aliphatic heterocycles. The second-order valence-corrected chi connectivity index (χ2v) is 3.90. The molecule has 0 aliphatic rings. The zero-order valence-corrected chi connectivity index (χ0v) is 13.4. The van der Waals surface area contributed by atoms with Crippen molar-refractivity contribution >= 4 is 18.6 Å². The number of halogens is 1. The van der Waals surface area contributed by atoms with Crippen LogP contribution in [-0.4, -0.2) is 27.7 Å². The van der Waals surface area contributed by atoms with Gasteiger partial charge in [0.05, 0.1) is 23.4 Å². The number of carboxylic acid groups (broad SMARTS) is 1. The summed E-state index contributed by atoms with van der Waals surface area (Å²) in [5, 5.41) is 9.65. The molecule has 2 heterocycles. The fourth-order valence-corrected chi connectivity index (χ4v) is 1.25. The molecule has 2 rings (SSSR count). The maximum atomic E-state index is 9.65. The Labute approximate surface area is 145 Å². The van der Waals surface area contributed by atoms with Gasteiger partial charge >= 0.3 is 17.1 Å². The van der Waals surface area contributed by atoms with E-state index in [2.05, 4.69) is 22.6 Å². The molecule has 2 aromatic rings. The first-order valence-electron chi connectivity index (χ1n) is 5.55. The van der Waals surface area contributed by atoms with E-state index in [0.717, 1.165) is 11.4 Å². The molecule has 0 amide bonds. The first-order chi connectivity index (χ1) is 9.15. The minimum absolute atomic E-state index is 0. The number of nitrogens with two attached hydrogens (primary N) is 1. The summed E-state index contributed by atoms with van der Waals surface area (Å²) >= 11 is 3.61. The smallest absolute Gasteiger partial charge is 1.00 e. The van der Waals surface area contributed by atoms with Gasteiger partial charge in [0.15, 0.2) is 0 Å². The largest absolute Gasteiger partial charge is 2.00 e. The minimum atomic E-state index is -1.25. The number of carbonyl (C=O) groups is 1. The Bertz CT molecular complexity index is 468. The average molecular weight is 375 g/mol. The number of pyridine rings is 2. The summed E-state index contributed by atoms with van der Waals surface area (Å²) in [6, 6.07) is 10.7. The van der Waals surface area contributed by atoms with Crippen molar-refractivity contribution in [1.82, 2.24) is 9.97 Å². The topological polar surface area (TPSA) is 91.9 Å². The molecular weight excluding hydrogens is 361 g/mol. The Morgan fingerprint density at radius 2 is 1.57 bits per heavy atom. The molecule has 2 N–H and O–H groups in total. The third kappa shape index (κ3) is 8.70. The third-order valence-corrected chi connectivity index (χ3v) is 2.49. The van der Waals surface area contributed by atoms with Crippen LogP contribution in [0.1, 0.15) is 0 Å². The summed E-state index contributed by atoms with van der Waals surface area (Å²) in [5.74, 6) is -1.13. The van der Waals surface area contributed by atoms with E-state index >= 15 is 0 Å². The SMILES string of the molecule is NC(CS)C(=O)[O-].[Cl-].[Cu+2].c1ccc(-c2ccccn2)nc1. The number of aliphatic carboxylic acids is 1. The van der Waals surface area contributed by atoms with Crippen molar-refractivity contribution in [3.05, 3.63) is 48.8 Å². The zero-order chi connectivity index (χ0) is 14.1. The van der Waals surface area contributed by atoms with Crippen LogP contribution in [0.15, 0.2) is 48.8 Å². The number of hydrogen-bond donors (Lipinski definition) is 2. The molecule has 0 aliphatic carbocycles. The molecule has 117 valence electrons. The van der Waals surface area contributed by atoms with Gasteiger partial charge in [0, 0.05) is 18.1 Å². The molecule has 0 saturated heterocycles. The normalized spacial score (nSPS) is 10.0. The van der Waals surface area contributed by atoms with E-state index in [1.54, 1.807) is 12.4 Å². The van der Waals surface area contributed by atoms with Crippen molar-refractivity contribution in [2.45, 2.75) is 6.04 Å². The van der Waals surface area contributed by atoms with Crippen LogP contribution in [0.4, 0.5) is 0 Å². The molecule has 1 radical (unpaired) electrons. The average Bonchev–Trinajstić information content (AvgIpc) is 2.49. The number of hydrogen-bond acceptors (Lipinski definition) is 6. The molecule has 0 saturated carbocycles. The maximum Gasteiger partial charge on any atom is 2.00 e. The van der Waals surface area contributed by atoms with E-state index in [0.29, 0.717) is 0 Å². The quantitative estimate of drug-likeness (QED) is 0.445. The van der Waals surface area contributed by atoms with Gasteiger partial charge in [0.25, 0.3) is 0 Å². The third-order valence-electron chi connectivity index (χ3n) is 2.09. The first kappa shape index (κ1) is 22.2. The Morgan fingerprint density at radius 3 is 1.76 bits per heavy atom. The van der Waals surface area contributed by atoms with Crippen molar-refractivity contribution in [2.75, 3.05) is 5.75 Å². The Kier molecular flexibility index (Phi) is 13.3. The molecular formula is C13H14ClCuN3O2S. The molecule has 2 aromatic heterocycles. The molecule has 8 heteroatoms. The minimum Gasteiger partial charge on any atom is -1.00 e. The van der Waals surface area contributed by atoms with Crippen LogP contribution in [0.3, 0.4) is 0 Å². The summed E-state index contributed by atoms with van der Waals surface area (Å²) in [6.07, 6.45) is 3.54. The second-order valence-electron chi connectivity index (χ2n) is 3.54. The summed E-state index contributed by atoms with van der Waals surface area (Å²) in [5.41, 5.74) is 6.71. The predicted octanol–water partition coefficient (Wildman–Crippen LogP) is -2.86. The van der Waals surface area contributed by atoms with Gasteiger partial charge in [-0.2, -0.15) is 12.6 Å². The second kappa shape index (κ2) is 12.6. The number of rotatable bonds is 3. The summed E-state index contributed by atoms with van der Waals surface area (Å²) in [4.78, 5) is 18.0. The van der Waals surface area contributed by atoms with E-state index in [4.69, 9.17) is 5.73 Å². The monoisotopic (exact) mass is 374 g/mol. The fraction of sp³-hybridized carbons (Fsp3) is 0.154. The van der Waals surface area contributed by atoms with Crippen molar-refractivity contribution < 1.29 is 39.4 Å². The molecule has 0 spiro atoms. The summed E-state index contributed by atoms with van der Waals surface area (Å²) in [7, 11) is 0. The van der Waals surface area contributed by atoms with E-state index in [1.807, 2.05) is 36.4 Å². The van der Waals surface area contributed by atoms with Gasteiger partial charge in [0.2, 0.25) is 0 Å². The maximum absolute atomic E-state index is 9.65. The van der Waals surface area contributed by atoms with Crippen LogP contribution in [0.2, 0.25) is 0 Å². The van der Waals surface area contributed by atoms with Crippen molar-refractivity contribution in [3.63, 3.8) is 0 Å². The molecule has 0 aromatic carbocycles. The van der Waals surface area contributed by atoms with Gasteiger partial charge < -0.3 is 28.0 Å². The molecule has 0 fully saturated rings. The standard InChI is InChI=1S/C10H8N2.C3H7NO2S.ClH.Cu/c1-3-7-11-9(5-1)10-6-2-4-8-12-10;4-2(1-7)3(5)6;;/h1-8H;2,7H,1,4H2,(H,5,6);1H;/q;;;+2/p-2.